The average molecular weight is 290 g/mol. The number of amides is 2. The number of benzene rings is 1. The molecule has 1 aliphatic rings. The summed E-state index contributed by atoms with van der Waals surface area (Å²) in [4.78, 5) is 24.6. The summed E-state index contributed by atoms with van der Waals surface area (Å²) >= 11 is 0. The van der Waals surface area contributed by atoms with E-state index in [0.29, 0.717) is 12.3 Å². The quantitative estimate of drug-likeness (QED) is 0.895. The van der Waals surface area contributed by atoms with E-state index in [1.54, 1.807) is 0 Å². The van der Waals surface area contributed by atoms with Crippen molar-refractivity contribution in [1.82, 2.24) is 4.90 Å². The summed E-state index contributed by atoms with van der Waals surface area (Å²) in [6.45, 7) is 3.80. The number of anilines is 1. The minimum atomic E-state index is -0.813. The van der Waals surface area contributed by atoms with Gasteiger partial charge in [0.15, 0.2) is 0 Å². The smallest absolute Gasteiger partial charge is 0.321 e. The number of carbonyl (C=O) groups is 2. The Morgan fingerprint density at radius 1 is 1.33 bits per heavy atom. The summed E-state index contributed by atoms with van der Waals surface area (Å²) in [5.74, 6) is -0.125. The number of hydrogen-bond donors (Lipinski definition) is 2. The van der Waals surface area contributed by atoms with Crippen LogP contribution in [0.25, 0.3) is 0 Å². The molecule has 1 aliphatic heterocycles. The highest BCUT2D eigenvalue weighted by Crippen LogP contribution is 2.18. The normalized spacial score (nSPS) is 15.8. The van der Waals surface area contributed by atoms with Crippen LogP contribution in [0.4, 0.5) is 10.5 Å². The van der Waals surface area contributed by atoms with Gasteiger partial charge in [0.25, 0.3) is 0 Å². The van der Waals surface area contributed by atoms with E-state index in [9.17, 15) is 9.59 Å². The molecule has 2 N–H and O–H groups in total. The van der Waals surface area contributed by atoms with E-state index in [1.165, 1.54) is 0 Å². The average Bonchev–Trinajstić information content (AvgIpc) is 2.46. The van der Waals surface area contributed by atoms with Gasteiger partial charge in [-0.3, -0.25) is 4.79 Å². The summed E-state index contributed by atoms with van der Waals surface area (Å²) in [7, 11) is 0. The predicted molar refractivity (Wildman–Crippen MR) is 81.4 cm³/mol. The number of likely N-dealkylation sites (tertiary alicyclic amines) is 1. The van der Waals surface area contributed by atoms with Crippen molar-refractivity contribution in [2.45, 2.75) is 32.6 Å². The number of aliphatic carboxylic acids is 1. The predicted octanol–water partition coefficient (Wildman–Crippen LogP) is 2.97. The van der Waals surface area contributed by atoms with E-state index in [-0.39, 0.29) is 12.5 Å². The number of nitrogens with one attached hydrogen (secondary N) is 1. The van der Waals surface area contributed by atoms with E-state index in [4.69, 9.17) is 5.11 Å². The van der Waals surface area contributed by atoms with Crippen LogP contribution in [0.1, 0.15) is 31.7 Å². The summed E-state index contributed by atoms with van der Waals surface area (Å²) in [5, 5.41) is 11.6. The van der Waals surface area contributed by atoms with Gasteiger partial charge in [-0.2, -0.15) is 0 Å². The van der Waals surface area contributed by atoms with Gasteiger partial charge >= 0.3 is 12.0 Å². The van der Waals surface area contributed by atoms with Crippen LogP contribution < -0.4 is 5.32 Å². The fourth-order valence-electron chi connectivity index (χ4n) is 2.47. The fourth-order valence-corrected chi connectivity index (χ4v) is 2.47. The zero-order valence-corrected chi connectivity index (χ0v) is 12.3. The largest absolute Gasteiger partial charge is 0.481 e. The number of aryl methyl sites for hydroxylation is 1. The maximum absolute atomic E-state index is 12.2. The molecule has 2 rings (SSSR count). The first-order valence-corrected chi connectivity index (χ1v) is 7.41. The second-order valence-electron chi connectivity index (χ2n) is 5.69. The number of carboxylic acid groups (broad SMARTS) is 1. The minimum absolute atomic E-state index is 0.0720. The van der Waals surface area contributed by atoms with Crippen LogP contribution in [-0.2, 0) is 11.2 Å². The molecule has 0 bridgehead atoms. The number of nitrogens with zero attached hydrogens (tertiary/aromatic N) is 1. The zero-order chi connectivity index (χ0) is 15.2. The molecule has 0 atom stereocenters. The Bertz CT molecular complexity index is 508. The fraction of sp³-hybridized carbons (Fsp3) is 0.500. The molecule has 1 fully saturated rings. The first-order valence-electron chi connectivity index (χ1n) is 7.41. The molecule has 2 amide bonds. The molecule has 0 radical (unpaired) electrons. The lowest BCUT2D eigenvalue weighted by molar-refractivity contribution is -0.136. The molecule has 0 aromatic heterocycles. The Labute approximate surface area is 125 Å². The molecule has 1 saturated heterocycles. The van der Waals surface area contributed by atoms with Gasteiger partial charge in [-0.05, 0) is 42.9 Å². The molecule has 0 unspecified atom stereocenters. The van der Waals surface area contributed by atoms with E-state index in [2.05, 4.69) is 12.2 Å². The summed E-state index contributed by atoms with van der Waals surface area (Å²) in [5.41, 5.74) is 1.64. The van der Waals surface area contributed by atoms with Gasteiger partial charge in [0.2, 0.25) is 0 Å². The van der Waals surface area contributed by atoms with E-state index in [0.717, 1.165) is 37.2 Å². The van der Waals surface area contributed by atoms with Gasteiger partial charge in [0, 0.05) is 25.2 Å². The molecule has 1 aromatic rings. The Balaban J connectivity index is 1.91. The number of piperidine rings is 1. The first kappa shape index (κ1) is 15.4. The Morgan fingerprint density at radius 3 is 2.71 bits per heavy atom. The van der Waals surface area contributed by atoms with Crippen LogP contribution in [-0.4, -0.2) is 35.1 Å². The zero-order valence-electron chi connectivity index (χ0n) is 12.3. The van der Waals surface area contributed by atoms with Crippen molar-refractivity contribution in [3.8, 4) is 0 Å². The second kappa shape index (κ2) is 7.11. The summed E-state index contributed by atoms with van der Waals surface area (Å²) in [6.07, 6.45) is 2.67. The standard InChI is InChI=1S/C16H22N2O3/c1-12-7-9-18(10-8-12)16(21)17-14-4-2-3-13(11-14)5-6-15(19)20/h2-4,11-12H,5-10H2,1H3,(H,17,21)(H,19,20). The highest BCUT2D eigenvalue weighted by atomic mass is 16.4. The number of hydrogen-bond acceptors (Lipinski definition) is 2. The first-order chi connectivity index (χ1) is 10.0. The van der Waals surface area contributed by atoms with Crippen LogP contribution in [0.15, 0.2) is 24.3 Å². The number of rotatable bonds is 4. The van der Waals surface area contributed by atoms with Crippen molar-refractivity contribution in [3.05, 3.63) is 29.8 Å². The Kier molecular flexibility index (Phi) is 5.20. The summed E-state index contributed by atoms with van der Waals surface area (Å²) in [6, 6.07) is 7.31. The van der Waals surface area contributed by atoms with Crippen molar-refractivity contribution >= 4 is 17.7 Å². The van der Waals surface area contributed by atoms with Crippen LogP contribution in [0.5, 0.6) is 0 Å². The summed E-state index contributed by atoms with van der Waals surface area (Å²) < 4.78 is 0. The molecule has 21 heavy (non-hydrogen) atoms. The third-order valence-corrected chi connectivity index (χ3v) is 3.88. The number of urea groups is 1. The van der Waals surface area contributed by atoms with Crippen molar-refractivity contribution in [3.63, 3.8) is 0 Å². The lowest BCUT2D eigenvalue weighted by atomic mass is 10.00. The highest BCUT2D eigenvalue weighted by Gasteiger charge is 2.20. The van der Waals surface area contributed by atoms with Crippen LogP contribution in [0.2, 0.25) is 0 Å². The van der Waals surface area contributed by atoms with E-state index in [1.807, 2.05) is 29.2 Å². The van der Waals surface area contributed by atoms with Crippen LogP contribution in [0.3, 0.4) is 0 Å². The Hall–Kier alpha value is -2.04. The van der Waals surface area contributed by atoms with E-state index < -0.39 is 5.97 Å². The number of carboxylic acids is 1. The molecule has 0 spiro atoms. The number of carbonyl (C=O) groups excluding carboxylic acids is 1. The Morgan fingerprint density at radius 2 is 2.05 bits per heavy atom. The van der Waals surface area contributed by atoms with Gasteiger partial charge in [-0.1, -0.05) is 19.1 Å². The second-order valence-corrected chi connectivity index (χ2v) is 5.69. The van der Waals surface area contributed by atoms with Crippen LogP contribution in [0, 0.1) is 5.92 Å². The lowest BCUT2D eigenvalue weighted by Gasteiger charge is -2.30. The molecule has 0 aliphatic carbocycles. The molecule has 5 nitrogen and oxygen atoms in total. The molecular weight excluding hydrogens is 268 g/mol. The topological polar surface area (TPSA) is 69.6 Å². The molecule has 1 heterocycles. The van der Waals surface area contributed by atoms with Gasteiger partial charge in [-0.15, -0.1) is 0 Å². The van der Waals surface area contributed by atoms with Crippen molar-refractivity contribution < 1.29 is 14.7 Å². The maximum Gasteiger partial charge on any atom is 0.321 e. The van der Waals surface area contributed by atoms with Gasteiger partial charge in [-0.25, -0.2) is 4.79 Å². The van der Waals surface area contributed by atoms with Crippen molar-refractivity contribution in [1.29, 1.82) is 0 Å². The molecule has 5 heteroatoms. The lowest BCUT2D eigenvalue weighted by Crippen LogP contribution is -2.40. The molecule has 0 saturated carbocycles. The van der Waals surface area contributed by atoms with Gasteiger partial charge in [0.1, 0.15) is 0 Å². The van der Waals surface area contributed by atoms with Crippen LogP contribution >= 0.6 is 0 Å². The van der Waals surface area contributed by atoms with E-state index >= 15 is 0 Å². The molecule has 114 valence electrons. The molecule has 1 aromatic carbocycles. The maximum atomic E-state index is 12.2. The minimum Gasteiger partial charge on any atom is -0.481 e. The van der Waals surface area contributed by atoms with Gasteiger partial charge < -0.3 is 15.3 Å². The van der Waals surface area contributed by atoms with Crippen molar-refractivity contribution in [2.75, 3.05) is 18.4 Å². The third kappa shape index (κ3) is 4.77. The van der Waals surface area contributed by atoms with Crippen molar-refractivity contribution in [2.24, 2.45) is 5.92 Å². The molecular formula is C16H22N2O3. The highest BCUT2D eigenvalue weighted by molar-refractivity contribution is 5.89. The third-order valence-electron chi connectivity index (χ3n) is 3.88. The van der Waals surface area contributed by atoms with Gasteiger partial charge in [0.05, 0.1) is 0 Å². The SMILES string of the molecule is CC1CCN(C(=O)Nc2cccc(CCC(=O)O)c2)CC1. The monoisotopic (exact) mass is 290 g/mol.